The van der Waals surface area contributed by atoms with Crippen LogP contribution in [-0.2, 0) is 10.0 Å². The van der Waals surface area contributed by atoms with Gasteiger partial charge < -0.3 is 5.11 Å². The summed E-state index contributed by atoms with van der Waals surface area (Å²) in [7, 11) is -2.53. The highest BCUT2D eigenvalue weighted by Crippen LogP contribution is 2.36. The SMILES string of the molecule is C[C@H](C1CC1)N(C)S(=O)(=O)c1ccc(C(=O)O)cc1F. The van der Waals surface area contributed by atoms with Gasteiger partial charge in [-0.2, -0.15) is 4.31 Å². The third kappa shape index (κ3) is 2.69. The first-order valence-electron chi connectivity index (χ1n) is 6.26. The van der Waals surface area contributed by atoms with Gasteiger partial charge in [0, 0.05) is 13.1 Å². The van der Waals surface area contributed by atoms with E-state index in [-0.39, 0.29) is 11.6 Å². The Morgan fingerprint density at radius 3 is 2.50 bits per heavy atom. The van der Waals surface area contributed by atoms with Crippen LogP contribution in [0.25, 0.3) is 0 Å². The zero-order valence-corrected chi connectivity index (χ0v) is 12.0. The Morgan fingerprint density at radius 1 is 1.45 bits per heavy atom. The van der Waals surface area contributed by atoms with E-state index in [2.05, 4.69) is 0 Å². The summed E-state index contributed by atoms with van der Waals surface area (Å²) < 4.78 is 39.7. The smallest absolute Gasteiger partial charge is 0.335 e. The minimum absolute atomic E-state index is 0.196. The molecule has 0 unspecified atom stereocenters. The molecular formula is C13H16FNO4S. The van der Waals surface area contributed by atoms with Gasteiger partial charge in [-0.3, -0.25) is 0 Å². The number of rotatable bonds is 5. The van der Waals surface area contributed by atoms with Gasteiger partial charge in [-0.15, -0.1) is 0 Å². The van der Waals surface area contributed by atoms with Crippen LogP contribution in [0.3, 0.4) is 0 Å². The van der Waals surface area contributed by atoms with Crippen molar-refractivity contribution in [1.29, 1.82) is 0 Å². The van der Waals surface area contributed by atoms with Crippen LogP contribution in [0, 0.1) is 11.7 Å². The van der Waals surface area contributed by atoms with E-state index in [9.17, 15) is 17.6 Å². The zero-order valence-electron chi connectivity index (χ0n) is 11.2. The predicted molar refractivity (Wildman–Crippen MR) is 70.5 cm³/mol. The van der Waals surface area contributed by atoms with Crippen LogP contribution in [0.5, 0.6) is 0 Å². The van der Waals surface area contributed by atoms with Crippen LogP contribution in [0.4, 0.5) is 4.39 Å². The number of sulfonamides is 1. The maximum Gasteiger partial charge on any atom is 0.335 e. The Balaban J connectivity index is 2.36. The van der Waals surface area contributed by atoms with Crippen LogP contribution in [-0.4, -0.2) is 36.9 Å². The second-order valence-corrected chi connectivity index (χ2v) is 7.02. The van der Waals surface area contributed by atoms with E-state index in [0.29, 0.717) is 5.92 Å². The van der Waals surface area contributed by atoms with Crippen molar-refractivity contribution < 1.29 is 22.7 Å². The number of aromatic carboxylic acids is 1. The van der Waals surface area contributed by atoms with Gasteiger partial charge in [0.2, 0.25) is 10.0 Å². The molecule has 0 heterocycles. The van der Waals surface area contributed by atoms with Crippen molar-refractivity contribution in [3.05, 3.63) is 29.6 Å². The van der Waals surface area contributed by atoms with E-state index < -0.39 is 26.7 Å². The zero-order chi connectivity index (χ0) is 15.1. The van der Waals surface area contributed by atoms with Crippen molar-refractivity contribution in [2.24, 2.45) is 5.92 Å². The second-order valence-electron chi connectivity index (χ2n) is 5.05. The molecule has 1 fully saturated rings. The standard InChI is InChI=1S/C13H16FNO4S/c1-8(9-3-4-9)15(2)20(18,19)12-6-5-10(13(16)17)7-11(12)14/h5-9H,3-4H2,1-2H3,(H,16,17)/t8-/m1/s1. The molecule has 1 saturated carbocycles. The summed E-state index contributed by atoms with van der Waals surface area (Å²) >= 11 is 0. The van der Waals surface area contributed by atoms with Crippen molar-refractivity contribution in [2.45, 2.75) is 30.7 Å². The predicted octanol–water partition coefficient (Wildman–Crippen LogP) is 1.94. The molecular weight excluding hydrogens is 285 g/mol. The molecule has 1 N–H and O–H groups in total. The van der Waals surface area contributed by atoms with Crippen LogP contribution < -0.4 is 0 Å². The Kier molecular flexibility index (Phi) is 3.84. The number of hydrogen-bond acceptors (Lipinski definition) is 3. The van der Waals surface area contributed by atoms with Crippen molar-refractivity contribution >= 4 is 16.0 Å². The number of carbonyl (C=O) groups is 1. The van der Waals surface area contributed by atoms with Gasteiger partial charge >= 0.3 is 5.97 Å². The van der Waals surface area contributed by atoms with Gasteiger partial charge in [0.15, 0.2) is 0 Å². The highest BCUT2D eigenvalue weighted by atomic mass is 32.2. The Morgan fingerprint density at radius 2 is 2.05 bits per heavy atom. The van der Waals surface area contributed by atoms with Crippen molar-refractivity contribution in [3.8, 4) is 0 Å². The first-order valence-corrected chi connectivity index (χ1v) is 7.70. The van der Waals surface area contributed by atoms with E-state index in [0.717, 1.165) is 35.3 Å². The van der Waals surface area contributed by atoms with Gasteiger partial charge in [0.25, 0.3) is 0 Å². The molecule has 0 spiro atoms. The minimum atomic E-state index is -3.95. The van der Waals surface area contributed by atoms with Crippen molar-refractivity contribution in [2.75, 3.05) is 7.05 Å². The maximum absolute atomic E-state index is 13.9. The summed E-state index contributed by atoms with van der Waals surface area (Å²) in [6.07, 6.45) is 1.95. The molecule has 1 aromatic carbocycles. The summed E-state index contributed by atoms with van der Waals surface area (Å²) in [6, 6.07) is 2.63. The Labute approximate surface area is 117 Å². The lowest BCUT2D eigenvalue weighted by Crippen LogP contribution is -2.36. The molecule has 0 radical (unpaired) electrons. The quantitative estimate of drug-likeness (QED) is 0.902. The third-order valence-electron chi connectivity index (χ3n) is 3.71. The van der Waals surface area contributed by atoms with Crippen LogP contribution in [0.15, 0.2) is 23.1 Å². The highest BCUT2D eigenvalue weighted by Gasteiger charge is 2.37. The van der Waals surface area contributed by atoms with Gasteiger partial charge in [-0.05, 0) is 43.9 Å². The van der Waals surface area contributed by atoms with Crippen molar-refractivity contribution in [1.82, 2.24) is 4.31 Å². The first kappa shape index (κ1) is 14.9. The fourth-order valence-electron chi connectivity index (χ4n) is 2.09. The van der Waals surface area contributed by atoms with E-state index in [4.69, 9.17) is 5.11 Å². The number of carboxylic acid groups (broad SMARTS) is 1. The van der Waals surface area contributed by atoms with Crippen LogP contribution in [0.1, 0.15) is 30.1 Å². The van der Waals surface area contributed by atoms with Gasteiger partial charge in [0.05, 0.1) is 5.56 Å². The monoisotopic (exact) mass is 301 g/mol. The minimum Gasteiger partial charge on any atom is -0.478 e. The number of carboxylic acids is 1. The molecule has 0 aliphatic heterocycles. The lowest BCUT2D eigenvalue weighted by molar-refractivity contribution is 0.0696. The van der Waals surface area contributed by atoms with E-state index in [1.807, 2.05) is 0 Å². The third-order valence-corrected chi connectivity index (χ3v) is 5.69. The number of benzene rings is 1. The molecule has 1 aliphatic carbocycles. The number of halogens is 1. The maximum atomic E-state index is 13.9. The fraction of sp³-hybridized carbons (Fsp3) is 0.462. The summed E-state index contributed by atoms with van der Waals surface area (Å²) in [5.41, 5.74) is -0.278. The van der Waals surface area contributed by atoms with E-state index in [1.165, 1.54) is 7.05 Å². The molecule has 1 aliphatic rings. The molecule has 0 aromatic heterocycles. The second kappa shape index (κ2) is 5.14. The number of hydrogen-bond donors (Lipinski definition) is 1. The van der Waals surface area contributed by atoms with E-state index >= 15 is 0 Å². The van der Waals surface area contributed by atoms with Gasteiger partial charge in [-0.25, -0.2) is 17.6 Å². The molecule has 2 rings (SSSR count). The molecule has 0 bridgehead atoms. The van der Waals surface area contributed by atoms with Crippen molar-refractivity contribution in [3.63, 3.8) is 0 Å². The average molecular weight is 301 g/mol. The molecule has 0 saturated heterocycles. The fourth-order valence-corrected chi connectivity index (χ4v) is 3.56. The summed E-state index contributed by atoms with van der Waals surface area (Å²) in [5, 5.41) is 8.75. The average Bonchev–Trinajstić information content (AvgIpc) is 3.20. The van der Waals surface area contributed by atoms with E-state index in [1.54, 1.807) is 6.92 Å². The van der Waals surface area contributed by atoms with Gasteiger partial charge in [0.1, 0.15) is 10.7 Å². The summed E-state index contributed by atoms with van der Waals surface area (Å²) in [6.45, 7) is 1.79. The molecule has 1 atom stereocenters. The molecule has 7 heteroatoms. The number of nitrogens with zero attached hydrogens (tertiary/aromatic N) is 1. The lowest BCUT2D eigenvalue weighted by atomic mass is 10.2. The Hall–Kier alpha value is -1.47. The molecule has 110 valence electrons. The molecule has 20 heavy (non-hydrogen) atoms. The van der Waals surface area contributed by atoms with Crippen LogP contribution in [0.2, 0.25) is 0 Å². The largest absolute Gasteiger partial charge is 0.478 e. The van der Waals surface area contributed by atoms with Crippen LogP contribution >= 0.6 is 0 Å². The Bertz CT molecular complexity index is 640. The highest BCUT2D eigenvalue weighted by molar-refractivity contribution is 7.89. The lowest BCUT2D eigenvalue weighted by Gasteiger charge is -2.24. The topological polar surface area (TPSA) is 74.7 Å². The van der Waals surface area contributed by atoms with Gasteiger partial charge in [-0.1, -0.05) is 0 Å². The summed E-state index contributed by atoms with van der Waals surface area (Å²) in [5.74, 6) is -2.02. The molecule has 5 nitrogen and oxygen atoms in total. The molecule has 1 aromatic rings. The molecule has 0 amide bonds. The normalized spacial score (nSPS) is 17.2. The first-order chi connectivity index (χ1) is 9.25. The summed E-state index contributed by atoms with van der Waals surface area (Å²) in [4.78, 5) is 10.2.